The van der Waals surface area contributed by atoms with E-state index in [0.717, 1.165) is 68.1 Å². The lowest BCUT2D eigenvalue weighted by atomic mass is 9.87. The smallest absolute Gasteiger partial charge is 0.276 e. The van der Waals surface area contributed by atoms with Gasteiger partial charge in [-0.2, -0.15) is 0 Å². The number of hydrogen-bond donors (Lipinski definition) is 3. The summed E-state index contributed by atoms with van der Waals surface area (Å²) in [4.78, 5) is 99.0. The molecule has 3 fully saturated rings. The minimum Gasteiger partial charge on any atom is -0.392 e. The van der Waals surface area contributed by atoms with Gasteiger partial charge in [-0.1, -0.05) is 41.5 Å². The molecule has 4 aromatic heterocycles. The summed E-state index contributed by atoms with van der Waals surface area (Å²) in [6, 6.07) is 14.7. The highest BCUT2D eigenvalue weighted by molar-refractivity contribution is 6.23. The van der Waals surface area contributed by atoms with Crippen molar-refractivity contribution in [1.82, 2.24) is 34.2 Å². The van der Waals surface area contributed by atoms with Crippen molar-refractivity contribution in [3.05, 3.63) is 111 Å². The Morgan fingerprint density at radius 3 is 2.28 bits per heavy atom. The maximum atomic E-state index is 14.1. The lowest BCUT2D eigenvalue weighted by molar-refractivity contribution is -0.136. The maximum Gasteiger partial charge on any atom is 0.276 e. The van der Waals surface area contributed by atoms with Crippen molar-refractivity contribution < 1.29 is 29.1 Å². The Bertz CT molecular complexity index is 3210. The highest BCUT2D eigenvalue weighted by atomic mass is 16.3. The molecule has 11 rings (SSSR count). The zero-order chi connectivity index (χ0) is 52.8. The number of aryl methyl sites for hydroxylation is 1. The van der Waals surface area contributed by atoms with Gasteiger partial charge in [-0.15, -0.1) is 0 Å². The van der Waals surface area contributed by atoms with Gasteiger partial charge < -0.3 is 29.4 Å². The van der Waals surface area contributed by atoms with Gasteiger partial charge in [0.2, 0.25) is 11.8 Å². The van der Waals surface area contributed by atoms with E-state index in [1.807, 2.05) is 36.5 Å². The highest BCUT2D eigenvalue weighted by Gasteiger charge is 2.46. The lowest BCUT2D eigenvalue weighted by Gasteiger charge is -2.51. The van der Waals surface area contributed by atoms with Crippen molar-refractivity contribution in [2.75, 3.05) is 52.7 Å². The second-order valence-corrected chi connectivity index (χ2v) is 22.9. The molecule has 5 aliphatic heterocycles. The van der Waals surface area contributed by atoms with Crippen molar-refractivity contribution in [3.8, 4) is 11.1 Å². The van der Waals surface area contributed by atoms with E-state index in [2.05, 4.69) is 82.5 Å². The molecule has 3 unspecified atom stereocenters. The average Bonchev–Trinajstić information content (AvgIpc) is 3.98. The van der Waals surface area contributed by atoms with Crippen LogP contribution >= 0.6 is 0 Å². The number of nitrogens with one attached hydrogen (secondary N) is 2. The Morgan fingerprint density at radius 1 is 0.787 bits per heavy atom. The molecule has 392 valence electrons. The number of rotatable bonds is 11. The predicted octanol–water partition coefficient (Wildman–Crippen LogP) is 5.91. The first-order valence-electron chi connectivity index (χ1n) is 26.6. The van der Waals surface area contributed by atoms with Crippen molar-refractivity contribution >= 4 is 58.2 Å². The van der Waals surface area contributed by atoms with Crippen molar-refractivity contribution in [2.45, 2.75) is 117 Å². The van der Waals surface area contributed by atoms with Crippen LogP contribution in [-0.4, -0.2) is 120 Å². The molecule has 0 bridgehead atoms. The van der Waals surface area contributed by atoms with E-state index in [4.69, 9.17) is 4.98 Å². The van der Waals surface area contributed by atoms with Gasteiger partial charge in [-0.3, -0.25) is 48.8 Å². The van der Waals surface area contributed by atoms with E-state index in [-0.39, 0.29) is 54.0 Å². The Kier molecular flexibility index (Phi) is 12.8. The first kappa shape index (κ1) is 50.0. The molecular formula is C57H67N11O7. The maximum absolute atomic E-state index is 14.1. The van der Waals surface area contributed by atoms with Gasteiger partial charge in [0.05, 0.1) is 29.6 Å². The molecule has 4 atom stereocenters. The summed E-state index contributed by atoms with van der Waals surface area (Å²) >= 11 is 0. The number of aliphatic hydroxyl groups is 1. The van der Waals surface area contributed by atoms with Crippen molar-refractivity contribution in [1.29, 1.82) is 0 Å². The molecule has 0 radical (unpaired) electrons. The molecule has 0 saturated carbocycles. The second-order valence-electron chi connectivity index (χ2n) is 22.9. The molecule has 3 N–H and O–H groups in total. The van der Waals surface area contributed by atoms with Crippen LogP contribution in [0, 0.1) is 17.3 Å². The molecule has 9 heterocycles. The number of carbonyl (C=O) groups excluding carboxylic acids is 5. The molecular weight excluding hydrogens is 951 g/mol. The Morgan fingerprint density at radius 2 is 1.55 bits per heavy atom. The molecule has 18 nitrogen and oxygen atoms in total. The summed E-state index contributed by atoms with van der Waals surface area (Å²) < 4.78 is 3.67. The van der Waals surface area contributed by atoms with Crippen LogP contribution in [-0.2, 0) is 42.6 Å². The normalized spacial score (nSPS) is 22.8. The first-order valence-corrected chi connectivity index (χ1v) is 26.6. The third-order valence-electron chi connectivity index (χ3n) is 16.8. The summed E-state index contributed by atoms with van der Waals surface area (Å²) in [7, 11) is 1.69. The number of nitrogens with zero attached hydrogens (tertiary/aromatic N) is 9. The van der Waals surface area contributed by atoms with Crippen LogP contribution in [0.4, 0.5) is 28.7 Å². The van der Waals surface area contributed by atoms with Gasteiger partial charge in [0.25, 0.3) is 23.3 Å². The van der Waals surface area contributed by atoms with Gasteiger partial charge in [0, 0.05) is 106 Å². The monoisotopic (exact) mass is 1020 g/mol. The van der Waals surface area contributed by atoms with Crippen LogP contribution in [0.5, 0.6) is 0 Å². The number of piperazine rings is 1. The largest absolute Gasteiger partial charge is 0.392 e. The number of carbonyl (C=O) groups is 5. The number of fused-ring (bicyclic) bond motifs is 4. The molecule has 3 saturated heterocycles. The van der Waals surface area contributed by atoms with E-state index in [1.165, 1.54) is 15.8 Å². The fourth-order valence-corrected chi connectivity index (χ4v) is 12.9. The number of aliphatic hydroxyl groups excluding tert-OH is 1. The second kappa shape index (κ2) is 19.2. The van der Waals surface area contributed by atoms with Gasteiger partial charge in [0.1, 0.15) is 29.1 Å². The first-order chi connectivity index (χ1) is 35.9. The number of benzene rings is 1. The Hall–Kier alpha value is -7.18. The van der Waals surface area contributed by atoms with E-state index < -0.39 is 29.7 Å². The number of amides is 5. The summed E-state index contributed by atoms with van der Waals surface area (Å²) in [6.45, 7) is 17.6. The van der Waals surface area contributed by atoms with Crippen molar-refractivity contribution in [3.63, 3.8) is 0 Å². The van der Waals surface area contributed by atoms with Crippen molar-refractivity contribution in [2.24, 2.45) is 24.3 Å². The van der Waals surface area contributed by atoms with Gasteiger partial charge in [0.15, 0.2) is 0 Å². The molecule has 75 heavy (non-hydrogen) atoms. The van der Waals surface area contributed by atoms with Gasteiger partial charge in [-0.25, -0.2) is 9.97 Å². The summed E-state index contributed by atoms with van der Waals surface area (Å²) in [5.74, 6) is -0.580. The van der Waals surface area contributed by atoms with Crippen LogP contribution < -0.4 is 30.9 Å². The van der Waals surface area contributed by atoms with E-state index in [0.29, 0.717) is 76.2 Å². The zero-order valence-electron chi connectivity index (χ0n) is 43.9. The SMILES string of the molecule is CC(C)C1CC(N2CCN(c3ccc(Nc4cc(-c5ccnc(N6CCn7c(cc8c7CC(C)(C)C8)C6=O)c5CO)cn(C)c4=O)nc3)[C@@H](C(C)C)C2)CCN1c1ccc2c(c1)C(=O)N(C1CCC(=O)NC1=O)C2=O. The molecule has 1 aromatic carbocycles. The number of anilines is 5. The van der Waals surface area contributed by atoms with Crippen LogP contribution in [0.15, 0.2) is 71.9 Å². The summed E-state index contributed by atoms with van der Waals surface area (Å²) in [5.41, 5.74) is 7.69. The molecule has 6 aliphatic rings. The fraction of sp³-hybridized carbons (Fsp3) is 0.474. The third kappa shape index (κ3) is 8.88. The van der Waals surface area contributed by atoms with E-state index in [1.54, 1.807) is 36.5 Å². The van der Waals surface area contributed by atoms with Crippen LogP contribution in [0.2, 0.25) is 0 Å². The Balaban J connectivity index is 0.758. The number of imide groups is 2. The number of hydrogen-bond acceptors (Lipinski definition) is 13. The minimum absolute atomic E-state index is 0.0734. The average molecular weight is 1020 g/mol. The van der Waals surface area contributed by atoms with Gasteiger partial charge in [-0.05, 0) is 109 Å². The molecule has 5 amide bonds. The van der Waals surface area contributed by atoms with E-state index >= 15 is 0 Å². The summed E-state index contributed by atoms with van der Waals surface area (Å²) in [6.07, 6.45) is 9.18. The predicted molar refractivity (Wildman–Crippen MR) is 285 cm³/mol. The minimum atomic E-state index is -1.01. The number of piperidine rings is 2. The van der Waals surface area contributed by atoms with Gasteiger partial charge >= 0.3 is 0 Å². The topological polar surface area (TPSA) is 199 Å². The molecule has 0 spiro atoms. The summed E-state index contributed by atoms with van der Waals surface area (Å²) in [5, 5.41) is 16.4. The zero-order valence-corrected chi connectivity index (χ0v) is 43.9. The number of aromatic nitrogens is 4. The highest BCUT2D eigenvalue weighted by Crippen LogP contribution is 2.41. The Labute approximate surface area is 436 Å². The van der Waals surface area contributed by atoms with Crippen LogP contribution in [0.3, 0.4) is 0 Å². The standard InChI is InChI=1S/C57H67N11O7/c1-32(2)45-25-36(15-17-64(45)37-8-10-40-41(24-37)54(73)68(53(40)72)44-11-13-50(70)61-52(44)71)63-18-19-65(48(30-63)33(3)4)38-9-12-49(59-28-38)60-43-22-35(29-62(7)55(43)74)39-14-16-58-51(42(39)31-69)67-21-20-66-46(56(67)75)23-34-26-57(5,6)27-47(34)66/h8-10,12,14,16,22-24,28-29,32-33,36,44-45,48,69H,11,13,15,17-21,25-27,30-31H2,1-7H3,(H,59,60)(H,61,70,71)/t36?,44?,45?,48-/m1/s1. The van der Waals surface area contributed by atoms with Crippen LogP contribution in [0.1, 0.15) is 115 Å². The van der Waals surface area contributed by atoms with Crippen LogP contribution in [0.25, 0.3) is 11.1 Å². The molecule has 18 heteroatoms. The molecule has 5 aromatic rings. The lowest BCUT2D eigenvalue weighted by Crippen LogP contribution is -2.60. The third-order valence-corrected chi connectivity index (χ3v) is 16.8. The van der Waals surface area contributed by atoms with E-state index in [9.17, 15) is 33.9 Å². The fourth-order valence-electron chi connectivity index (χ4n) is 12.9. The number of pyridine rings is 3. The quantitative estimate of drug-likeness (QED) is 0.132. The molecule has 1 aliphatic carbocycles.